The van der Waals surface area contributed by atoms with E-state index in [2.05, 4.69) is 39.2 Å². The number of allylic oxidation sites excluding steroid dienone is 1. The molecule has 2 N–H and O–H groups in total. The summed E-state index contributed by atoms with van der Waals surface area (Å²) in [4.78, 5) is 56.2. The van der Waals surface area contributed by atoms with Crippen LogP contribution in [0.5, 0.6) is 0 Å². The molecule has 0 spiro atoms. The second-order valence-electron chi connectivity index (χ2n) is 11.9. The van der Waals surface area contributed by atoms with E-state index in [1.807, 2.05) is 6.08 Å². The van der Waals surface area contributed by atoms with E-state index in [4.69, 9.17) is 9.47 Å². The van der Waals surface area contributed by atoms with Gasteiger partial charge in [0.25, 0.3) is 0 Å². The number of hydrogen-bond donors (Lipinski definition) is 2. The maximum atomic E-state index is 14.1. The van der Waals surface area contributed by atoms with Crippen molar-refractivity contribution in [2.45, 2.75) is 102 Å². The molecule has 1 aromatic rings. The third kappa shape index (κ3) is 8.16. The minimum absolute atomic E-state index is 0.142. The molecule has 1 aromatic heterocycles. The van der Waals surface area contributed by atoms with Crippen molar-refractivity contribution in [2.24, 2.45) is 13.0 Å². The molecule has 1 saturated carbocycles. The highest BCUT2D eigenvalue weighted by Crippen LogP contribution is 2.46. The predicted octanol–water partition coefficient (Wildman–Crippen LogP) is 2.55. The monoisotopic (exact) mass is 587 g/mol. The van der Waals surface area contributed by atoms with Gasteiger partial charge < -0.3 is 25.0 Å². The first-order valence-corrected chi connectivity index (χ1v) is 14.6. The number of nitrogens with zero attached hydrogens (tertiary/aromatic N) is 5. The molecule has 0 bridgehead atoms. The van der Waals surface area contributed by atoms with E-state index in [1.165, 1.54) is 9.70 Å². The van der Waals surface area contributed by atoms with Crippen LogP contribution < -0.4 is 10.6 Å². The lowest BCUT2D eigenvalue weighted by atomic mass is 10.0. The highest BCUT2D eigenvalue weighted by atomic mass is 16.6. The zero-order chi connectivity index (χ0) is 31.1. The molecule has 232 valence electrons. The normalized spacial score (nSPS) is 23.9. The summed E-state index contributed by atoms with van der Waals surface area (Å²) in [5, 5.41) is 17.9. The second-order valence-corrected chi connectivity index (χ2v) is 11.9. The van der Waals surface area contributed by atoms with E-state index in [0.29, 0.717) is 25.1 Å². The average molecular weight is 588 g/mol. The van der Waals surface area contributed by atoms with E-state index < -0.39 is 47.1 Å². The fourth-order valence-electron chi connectivity index (χ4n) is 5.26. The number of amides is 3. The van der Waals surface area contributed by atoms with Crippen LogP contribution in [0.15, 0.2) is 25.3 Å². The van der Waals surface area contributed by atoms with Crippen LogP contribution in [0.4, 0.5) is 4.79 Å². The van der Waals surface area contributed by atoms with E-state index in [0.717, 1.165) is 19.3 Å². The van der Waals surface area contributed by atoms with Gasteiger partial charge in [0.2, 0.25) is 11.8 Å². The number of esters is 1. The largest absolute Gasteiger partial charge is 0.464 e. The molecular formula is C29H45N7O6. The van der Waals surface area contributed by atoms with Gasteiger partial charge in [0.1, 0.15) is 23.2 Å². The van der Waals surface area contributed by atoms with Crippen molar-refractivity contribution in [2.75, 3.05) is 13.2 Å². The van der Waals surface area contributed by atoms with Crippen molar-refractivity contribution in [1.82, 2.24) is 35.7 Å². The summed E-state index contributed by atoms with van der Waals surface area (Å²) in [7, 11) is 1.64. The van der Waals surface area contributed by atoms with E-state index >= 15 is 0 Å². The topological polar surface area (TPSA) is 158 Å². The van der Waals surface area contributed by atoms with Crippen LogP contribution in [-0.4, -0.2) is 85.4 Å². The van der Waals surface area contributed by atoms with Crippen LogP contribution in [0.3, 0.4) is 0 Å². The zero-order valence-electron chi connectivity index (χ0n) is 25.4. The summed E-state index contributed by atoms with van der Waals surface area (Å²) in [6.07, 6.45) is 6.97. The zero-order valence-corrected chi connectivity index (χ0v) is 25.4. The Labute approximate surface area is 247 Å². The van der Waals surface area contributed by atoms with Crippen LogP contribution >= 0.6 is 0 Å². The Morgan fingerprint density at radius 1 is 1.19 bits per heavy atom. The molecule has 0 radical (unpaired) electrons. The van der Waals surface area contributed by atoms with Crippen molar-refractivity contribution in [3.8, 4) is 0 Å². The summed E-state index contributed by atoms with van der Waals surface area (Å²) in [5.41, 5.74) is -1.97. The van der Waals surface area contributed by atoms with Gasteiger partial charge in [0.05, 0.1) is 13.7 Å². The Hall–Kier alpha value is -3.77. The third-order valence-corrected chi connectivity index (χ3v) is 7.45. The van der Waals surface area contributed by atoms with Crippen LogP contribution in [-0.2, 0) is 30.9 Å². The van der Waals surface area contributed by atoms with E-state index in [-0.39, 0.29) is 31.4 Å². The van der Waals surface area contributed by atoms with Gasteiger partial charge in [-0.25, -0.2) is 9.59 Å². The molecule has 2 heterocycles. The fourth-order valence-corrected chi connectivity index (χ4v) is 5.26. The van der Waals surface area contributed by atoms with Gasteiger partial charge in [-0.3, -0.25) is 9.59 Å². The number of carbonyl (C=O) groups excluding carboxylic acids is 4. The van der Waals surface area contributed by atoms with Gasteiger partial charge in [-0.1, -0.05) is 25.0 Å². The summed E-state index contributed by atoms with van der Waals surface area (Å²) in [5.74, 6) is -1.69. The van der Waals surface area contributed by atoms with E-state index in [1.54, 1.807) is 40.8 Å². The average Bonchev–Trinajstić information content (AvgIpc) is 3.20. The number of carbonyl (C=O) groups is 4. The molecule has 13 heteroatoms. The molecular weight excluding hydrogens is 542 g/mol. The Morgan fingerprint density at radius 2 is 1.93 bits per heavy atom. The number of aryl methyl sites for hydroxylation is 1. The molecule has 3 amide bonds. The number of rotatable bonds is 14. The number of hydrogen-bond acceptors (Lipinski definition) is 9. The molecule has 1 unspecified atom stereocenters. The summed E-state index contributed by atoms with van der Waals surface area (Å²) in [6, 6.07) is -1.86. The van der Waals surface area contributed by atoms with Crippen LogP contribution in [0, 0.1) is 5.92 Å². The fraction of sp³-hybridized carbons (Fsp3) is 0.690. The highest BCUT2D eigenvalue weighted by molar-refractivity contribution is 5.96. The number of aromatic nitrogens is 4. The highest BCUT2D eigenvalue weighted by Gasteiger charge is 2.62. The smallest absolute Gasteiger partial charge is 0.408 e. The Bertz CT molecular complexity index is 1160. The summed E-state index contributed by atoms with van der Waals surface area (Å²) >= 11 is 0. The van der Waals surface area contributed by atoms with Crippen LogP contribution in [0.1, 0.15) is 84.4 Å². The molecule has 42 heavy (non-hydrogen) atoms. The molecule has 1 saturated heterocycles. The van der Waals surface area contributed by atoms with Gasteiger partial charge in [0, 0.05) is 18.4 Å². The molecule has 1 aliphatic carbocycles. The number of likely N-dealkylation sites (tertiary alicyclic amines) is 1. The van der Waals surface area contributed by atoms with Crippen LogP contribution in [0.2, 0.25) is 0 Å². The first-order chi connectivity index (χ1) is 19.8. The molecule has 5 atom stereocenters. The Kier molecular flexibility index (Phi) is 10.9. The molecule has 0 aromatic carbocycles. The maximum Gasteiger partial charge on any atom is 0.408 e. The number of nitrogens with one attached hydrogen (secondary N) is 2. The SMILES string of the molecule is C=CCCCCC[C@H](NC(=O)OC(C)(C)C)C(=O)N1C[C@H](c2nnn(C)n2)C[C@H]1C(=O)N[C@]1(C(=O)OCC)CC1C=C. The van der Waals surface area contributed by atoms with Gasteiger partial charge in [-0.2, -0.15) is 4.80 Å². The predicted molar refractivity (Wildman–Crippen MR) is 154 cm³/mol. The number of unbranched alkanes of at least 4 members (excludes halogenated alkanes) is 3. The number of ether oxygens (including phenoxy) is 2. The number of alkyl carbamates (subject to hydrolysis) is 1. The van der Waals surface area contributed by atoms with Gasteiger partial charge in [0.15, 0.2) is 5.82 Å². The summed E-state index contributed by atoms with van der Waals surface area (Å²) < 4.78 is 10.7. The van der Waals surface area contributed by atoms with Crippen molar-refractivity contribution in [3.05, 3.63) is 31.1 Å². The summed E-state index contributed by atoms with van der Waals surface area (Å²) in [6.45, 7) is 14.8. The van der Waals surface area contributed by atoms with Crippen molar-refractivity contribution >= 4 is 23.9 Å². The van der Waals surface area contributed by atoms with Crippen molar-refractivity contribution in [1.29, 1.82) is 0 Å². The third-order valence-electron chi connectivity index (χ3n) is 7.45. The lowest BCUT2D eigenvalue weighted by molar-refractivity contribution is -0.150. The lowest BCUT2D eigenvalue weighted by Crippen LogP contribution is -2.56. The minimum atomic E-state index is -1.22. The Balaban J connectivity index is 1.86. The van der Waals surface area contributed by atoms with Crippen molar-refractivity contribution < 1.29 is 28.7 Å². The van der Waals surface area contributed by atoms with Gasteiger partial charge >= 0.3 is 12.1 Å². The molecule has 2 aliphatic rings. The standard InChI is InChI=1S/C29H45N7O6/c1-8-11-12-13-14-15-21(30-27(40)42-28(4,5)6)25(38)36-18-19(23-32-34-35(7)33-23)16-22(36)24(37)31-29(17-20(29)9-2)26(39)41-10-3/h8-9,19-22H,1-2,10-18H2,3-7H3,(H,30,40)(H,31,37)/t19-,20?,21+,22+,29-/m1/s1. The molecule has 13 nitrogen and oxygen atoms in total. The first-order valence-electron chi connectivity index (χ1n) is 14.6. The quantitative estimate of drug-likeness (QED) is 0.190. The molecule has 1 aliphatic heterocycles. The lowest BCUT2D eigenvalue weighted by Gasteiger charge is -2.30. The van der Waals surface area contributed by atoms with Crippen molar-refractivity contribution in [3.63, 3.8) is 0 Å². The Morgan fingerprint density at radius 3 is 2.50 bits per heavy atom. The molecule has 3 rings (SSSR count). The molecule has 2 fully saturated rings. The first kappa shape index (κ1) is 32.7. The number of tetrazole rings is 1. The second kappa shape index (κ2) is 13.9. The van der Waals surface area contributed by atoms with Crippen LogP contribution in [0.25, 0.3) is 0 Å². The minimum Gasteiger partial charge on any atom is -0.464 e. The van der Waals surface area contributed by atoms with Gasteiger partial charge in [-0.15, -0.1) is 23.4 Å². The van der Waals surface area contributed by atoms with E-state index in [9.17, 15) is 19.2 Å². The van der Waals surface area contributed by atoms with Gasteiger partial charge in [-0.05, 0) is 65.0 Å². The maximum absolute atomic E-state index is 14.1.